The molecule has 0 radical (unpaired) electrons. The third kappa shape index (κ3) is 7.74. The summed E-state index contributed by atoms with van der Waals surface area (Å²) in [7, 11) is 0. The summed E-state index contributed by atoms with van der Waals surface area (Å²) < 4.78 is 12.5. The molecule has 3 aromatic carbocycles. The van der Waals surface area contributed by atoms with Crippen LogP contribution in [0.15, 0.2) is 96.1 Å². The van der Waals surface area contributed by atoms with E-state index >= 15 is 0 Å². The van der Waals surface area contributed by atoms with E-state index < -0.39 is 12.0 Å². The summed E-state index contributed by atoms with van der Waals surface area (Å²) in [5.74, 6) is -0.249. The molecule has 1 aliphatic heterocycles. The predicted octanol–water partition coefficient (Wildman–Crippen LogP) is 6.54. The fourth-order valence-corrected chi connectivity index (χ4v) is 5.39. The quantitative estimate of drug-likeness (QED) is 0.309. The summed E-state index contributed by atoms with van der Waals surface area (Å²) in [4.78, 5) is 24.8. The third-order valence-electron chi connectivity index (χ3n) is 7.61. The van der Waals surface area contributed by atoms with Crippen molar-refractivity contribution in [3.05, 3.63) is 118 Å². The van der Waals surface area contributed by atoms with Gasteiger partial charge in [-0.3, -0.25) is 9.59 Å². The normalized spacial score (nSPS) is 18.3. The first-order valence-electron chi connectivity index (χ1n) is 14.4. The number of carbonyl (C=O) groups is 2. The molecule has 1 amide bonds. The Morgan fingerprint density at radius 2 is 1.95 bits per heavy atom. The van der Waals surface area contributed by atoms with E-state index in [1.807, 2.05) is 48.6 Å². The molecule has 2 aliphatic rings. The molecule has 3 N–H and O–H groups in total. The summed E-state index contributed by atoms with van der Waals surface area (Å²) in [6, 6.07) is 19.0. The lowest BCUT2D eigenvalue weighted by Gasteiger charge is -2.20. The Bertz CT molecular complexity index is 1580. The van der Waals surface area contributed by atoms with Crippen molar-refractivity contribution < 1.29 is 24.2 Å². The van der Waals surface area contributed by atoms with Crippen LogP contribution in [0.1, 0.15) is 36.0 Å². The highest BCUT2D eigenvalue weighted by Gasteiger charge is 2.21. The smallest absolute Gasteiger partial charge is 0.320 e. The number of carboxylic acid groups (broad SMARTS) is 1. The molecule has 3 aromatic rings. The molecule has 0 saturated carbocycles. The van der Waals surface area contributed by atoms with E-state index in [9.17, 15) is 14.7 Å². The molecule has 1 unspecified atom stereocenters. The molecule has 0 spiro atoms. The Kier molecular flexibility index (Phi) is 9.97. The van der Waals surface area contributed by atoms with Crippen molar-refractivity contribution in [2.24, 2.45) is 0 Å². The van der Waals surface area contributed by atoms with Crippen molar-refractivity contribution in [3.8, 4) is 22.6 Å². The standard InChI is InChI=1S/C35H35ClN2O5/c1-23-27(13-8-14-29(23)25-10-5-3-6-11-25)22-43-33-19-32-28(18-30(33)36)20-38-31(35(40)41)15-16-37-34(39)26-12-7-2-4-9-24(17-26)21-42-32/h3-6,8-14,17-19,31,38H,2,7,15-16,20-22H2,1H3,(H,37,39)(H,40,41)/b9-4-,24-17?,26-12?. The van der Waals surface area contributed by atoms with Gasteiger partial charge < -0.3 is 25.2 Å². The van der Waals surface area contributed by atoms with Crippen LogP contribution in [-0.2, 0) is 22.7 Å². The van der Waals surface area contributed by atoms with Gasteiger partial charge in [0, 0.05) is 30.3 Å². The van der Waals surface area contributed by atoms with E-state index in [2.05, 4.69) is 41.8 Å². The second kappa shape index (κ2) is 14.2. The minimum atomic E-state index is -1.000. The van der Waals surface area contributed by atoms with Crippen LogP contribution in [0.3, 0.4) is 0 Å². The van der Waals surface area contributed by atoms with Crippen LogP contribution in [0.25, 0.3) is 11.1 Å². The molecule has 8 heteroatoms. The second-order valence-corrected chi connectivity index (χ2v) is 11.0. The molecule has 7 nitrogen and oxygen atoms in total. The maximum absolute atomic E-state index is 12.8. The largest absolute Gasteiger partial charge is 0.488 e. The van der Waals surface area contributed by atoms with E-state index in [0.717, 1.165) is 40.7 Å². The molecule has 1 heterocycles. The Morgan fingerprint density at radius 3 is 2.77 bits per heavy atom. The van der Waals surface area contributed by atoms with Crippen LogP contribution in [-0.4, -0.2) is 36.2 Å². The summed E-state index contributed by atoms with van der Waals surface area (Å²) in [5, 5.41) is 16.1. The number of carboxylic acids is 1. The Hall–Kier alpha value is -4.33. The molecule has 222 valence electrons. The summed E-state index contributed by atoms with van der Waals surface area (Å²) in [6.45, 7) is 3.02. The van der Waals surface area contributed by atoms with Gasteiger partial charge in [-0.2, -0.15) is 0 Å². The lowest BCUT2D eigenvalue weighted by Crippen LogP contribution is -2.39. The zero-order valence-corrected chi connectivity index (χ0v) is 24.8. The van der Waals surface area contributed by atoms with Crippen LogP contribution in [0.4, 0.5) is 0 Å². The molecule has 43 heavy (non-hydrogen) atoms. The number of hydrogen-bond acceptors (Lipinski definition) is 5. The lowest BCUT2D eigenvalue weighted by molar-refractivity contribution is -0.139. The molecule has 0 saturated heterocycles. The average Bonchev–Trinajstić information content (AvgIpc) is 2.98. The summed E-state index contributed by atoms with van der Waals surface area (Å²) in [6.07, 6.45) is 9.50. The van der Waals surface area contributed by atoms with Gasteiger partial charge in [0.05, 0.1) is 5.02 Å². The zero-order chi connectivity index (χ0) is 30.2. The lowest BCUT2D eigenvalue weighted by atomic mass is 9.97. The first-order chi connectivity index (χ1) is 20.9. The maximum atomic E-state index is 12.8. The Morgan fingerprint density at radius 1 is 1.12 bits per heavy atom. The van der Waals surface area contributed by atoms with Crippen molar-refractivity contribution in [3.63, 3.8) is 0 Å². The number of aliphatic carboxylic acids is 1. The van der Waals surface area contributed by atoms with E-state index in [4.69, 9.17) is 21.1 Å². The first-order valence-corrected chi connectivity index (χ1v) is 14.8. The molecule has 2 bridgehead atoms. The highest BCUT2D eigenvalue weighted by Crippen LogP contribution is 2.35. The summed E-state index contributed by atoms with van der Waals surface area (Å²) in [5.41, 5.74) is 6.52. The molecule has 5 rings (SSSR count). The number of halogens is 1. The topological polar surface area (TPSA) is 96.9 Å². The van der Waals surface area contributed by atoms with Crippen LogP contribution in [0, 0.1) is 6.92 Å². The van der Waals surface area contributed by atoms with Crippen LogP contribution in [0.2, 0.25) is 5.02 Å². The minimum absolute atomic E-state index is 0.204. The number of ether oxygens (including phenoxy) is 2. The number of nitrogens with one attached hydrogen (secondary N) is 2. The number of rotatable bonds is 5. The van der Waals surface area contributed by atoms with E-state index in [-0.39, 0.29) is 32.0 Å². The maximum Gasteiger partial charge on any atom is 0.320 e. The Labute approximate surface area is 256 Å². The van der Waals surface area contributed by atoms with Crippen molar-refractivity contribution >= 4 is 23.5 Å². The number of allylic oxidation sites excluding steroid dienone is 2. The van der Waals surface area contributed by atoms with Gasteiger partial charge in [-0.15, -0.1) is 0 Å². The van der Waals surface area contributed by atoms with Gasteiger partial charge in [0.2, 0.25) is 0 Å². The Balaban J connectivity index is 1.43. The van der Waals surface area contributed by atoms with Crippen LogP contribution < -0.4 is 20.1 Å². The summed E-state index contributed by atoms with van der Waals surface area (Å²) >= 11 is 6.70. The molecule has 0 fully saturated rings. The van der Waals surface area contributed by atoms with Crippen molar-refractivity contribution in [2.75, 3.05) is 13.2 Å². The van der Waals surface area contributed by atoms with E-state index in [0.29, 0.717) is 34.3 Å². The fourth-order valence-electron chi connectivity index (χ4n) is 5.15. The SMILES string of the molecule is Cc1c(COc2cc3c(cc2Cl)CNC(C(=O)O)CCNC(=O)C2=CCC/C=C\C(=C2)CO3)cccc1-c1ccccc1. The second-order valence-electron chi connectivity index (χ2n) is 10.6. The van der Waals surface area contributed by atoms with Crippen molar-refractivity contribution in [2.45, 2.75) is 45.4 Å². The molecule has 0 aromatic heterocycles. The molecular weight excluding hydrogens is 564 g/mol. The zero-order valence-electron chi connectivity index (χ0n) is 24.1. The van der Waals surface area contributed by atoms with Crippen molar-refractivity contribution in [1.82, 2.24) is 10.6 Å². The first kappa shape index (κ1) is 30.1. The van der Waals surface area contributed by atoms with Gasteiger partial charge in [-0.05, 0) is 66.2 Å². The van der Waals surface area contributed by atoms with Gasteiger partial charge in [0.15, 0.2) is 0 Å². The van der Waals surface area contributed by atoms with Crippen molar-refractivity contribution in [1.29, 1.82) is 0 Å². The predicted molar refractivity (Wildman–Crippen MR) is 168 cm³/mol. The highest BCUT2D eigenvalue weighted by molar-refractivity contribution is 6.32. The van der Waals surface area contributed by atoms with Crippen LogP contribution in [0.5, 0.6) is 11.5 Å². The highest BCUT2D eigenvalue weighted by atomic mass is 35.5. The van der Waals surface area contributed by atoms with Gasteiger partial charge in [-0.25, -0.2) is 0 Å². The van der Waals surface area contributed by atoms with E-state index in [1.165, 1.54) is 0 Å². The number of amides is 1. The number of hydrogen-bond donors (Lipinski definition) is 3. The average molecular weight is 599 g/mol. The number of carbonyl (C=O) groups excluding carboxylic acids is 1. The van der Waals surface area contributed by atoms with Gasteiger partial charge in [0.25, 0.3) is 5.91 Å². The molecule has 1 atom stereocenters. The van der Waals surface area contributed by atoms with Crippen LogP contribution >= 0.6 is 11.6 Å². The van der Waals surface area contributed by atoms with Gasteiger partial charge in [-0.1, -0.05) is 78.4 Å². The molecular formula is C35H35ClN2O5. The van der Waals surface area contributed by atoms with Gasteiger partial charge in [0.1, 0.15) is 30.8 Å². The number of fused-ring (bicyclic) bond motifs is 2. The third-order valence-corrected chi connectivity index (χ3v) is 7.91. The van der Waals surface area contributed by atoms with Gasteiger partial charge >= 0.3 is 5.97 Å². The monoisotopic (exact) mass is 598 g/mol. The minimum Gasteiger partial charge on any atom is -0.488 e. The fraction of sp³-hybridized carbons (Fsp3) is 0.257. The van der Waals surface area contributed by atoms with E-state index in [1.54, 1.807) is 12.1 Å². The number of benzene rings is 3. The molecule has 1 aliphatic carbocycles.